The summed E-state index contributed by atoms with van der Waals surface area (Å²) in [4.78, 5) is 46.6. The van der Waals surface area contributed by atoms with Gasteiger partial charge >= 0.3 is 0 Å². The fourth-order valence-electron chi connectivity index (χ4n) is 5.08. The molecule has 8 nitrogen and oxygen atoms in total. The number of thiazole rings is 1. The van der Waals surface area contributed by atoms with Crippen molar-refractivity contribution in [3.8, 4) is 5.69 Å². The minimum Gasteiger partial charge on any atom is -0.339 e. The highest BCUT2D eigenvalue weighted by Crippen LogP contribution is 2.27. The van der Waals surface area contributed by atoms with Crippen LogP contribution in [0.2, 0.25) is 0 Å². The van der Waals surface area contributed by atoms with Crippen LogP contribution in [-0.2, 0) is 11.3 Å². The third-order valence-electron chi connectivity index (χ3n) is 7.44. The van der Waals surface area contributed by atoms with Crippen LogP contribution in [0.3, 0.4) is 0 Å². The van der Waals surface area contributed by atoms with Gasteiger partial charge in [-0.15, -0.1) is 11.3 Å². The fraction of sp³-hybridized carbons (Fsp3) is 0.111. The lowest BCUT2D eigenvalue weighted by Crippen LogP contribution is -2.41. The molecule has 4 aromatic carbocycles. The van der Waals surface area contributed by atoms with Crippen molar-refractivity contribution in [3.05, 3.63) is 149 Å². The predicted molar refractivity (Wildman–Crippen MR) is 178 cm³/mol. The number of aryl methyl sites for hydroxylation is 1. The van der Waals surface area contributed by atoms with E-state index >= 15 is 0 Å². The molecule has 0 aliphatic carbocycles. The topological polar surface area (TPSA) is 96.3 Å². The van der Waals surface area contributed by atoms with E-state index in [0.29, 0.717) is 28.9 Å². The van der Waals surface area contributed by atoms with Crippen LogP contribution in [0.4, 0.5) is 5.69 Å². The molecule has 0 unspecified atom stereocenters. The van der Waals surface area contributed by atoms with Crippen molar-refractivity contribution in [1.29, 1.82) is 0 Å². The summed E-state index contributed by atoms with van der Waals surface area (Å²) in [6, 6.07) is 32.8. The highest BCUT2D eigenvalue weighted by molar-refractivity contribution is 7.20. The normalized spacial score (nSPS) is 11.6. The molecule has 9 heteroatoms. The zero-order valence-electron chi connectivity index (χ0n) is 24.8. The molecule has 45 heavy (non-hydrogen) atoms. The number of hydrogen-bond acceptors (Lipinski definition) is 5. The van der Waals surface area contributed by atoms with Crippen LogP contribution in [0.25, 0.3) is 15.9 Å². The van der Waals surface area contributed by atoms with Gasteiger partial charge in [-0.25, -0.2) is 4.98 Å². The van der Waals surface area contributed by atoms with Crippen molar-refractivity contribution < 1.29 is 14.4 Å². The lowest BCUT2D eigenvalue weighted by molar-refractivity contribution is -0.132. The molecule has 6 aromatic rings. The maximum Gasteiger partial charge on any atom is 0.281 e. The van der Waals surface area contributed by atoms with E-state index in [0.717, 1.165) is 21.5 Å². The number of nitrogens with zero attached hydrogens (tertiary/aromatic N) is 3. The molecule has 0 saturated heterocycles. The SMILES string of the molecule is Cc1ccc(CN(C)C(=O)[C@@H](NC(=O)c2nc3ccc(NC(=O)c4ccccc4-n4cccc4)cc3s2)c2ccccc2)cc1. The number of benzene rings is 4. The second-order valence-electron chi connectivity index (χ2n) is 10.8. The third kappa shape index (κ3) is 6.68. The number of carbonyl (C=O) groups excluding carboxylic acids is 3. The molecular formula is C36H31N5O3S. The van der Waals surface area contributed by atoms with E-state index in [-0.39, 0.29) is 16.8 Å². The van der Waals surface area contributed by atoms with Gasteiger partial charge in [-0.3, -0.25) is 14.4 Å². The van der Waals surface area contributed by atoms with E-state index in [1.54, 1.807) is 36.2 Å². The van der Waals surface area contributed by atoms with Crippen LogP contribution in [0.1, 0.15) is 42.9 Å². The summed E-state index contributed by atoms with van der Waals surface area (Å²) in [7, 11) is 1.73. The van der Waals surface area contributed by atoms with Crippen LogP contribution < -0.4 is 10.6 Å². The number of likely N-dealkylation sites (N-methyl/N-ethyl adjacent to an activating group) is 1. The first-order valence-corrected chi connectivity index (χ1v) is 15.3. The second-order valence-corrected chi connectivity index (χ2v) is 11.8. The van der Waals surface area contributed by atoms with Crippen LogP contribution in [-0.4, -0.2) is 39.2 Å². The minimum atomic E-state index is -0.892. The maximum atomic E-state index is 13.7. The van der Waals surface area contributed by atoms with Gasteiger partial charge in [-0.05, 0) is 60.5 Å². The number of amides is 3. The van der Waals surface area contributed by atoms with Crippen molar-refractivity contribution in [1.82, 2.24) is 19.8 Å². The van der Waals surface area contributed by atoms with Crippen LogP contribution in [0.5, 0.6) is 0 Å². The van der Waals surface area contributed by atoms with Crippen LogP contribution >= 0.6 is 11.3 Å². The number of fused-ring (bicyclic) bond motifs is 1. The summed E-state index contributed by atoms with van der Waals surface area (Å²) >= 11 is 1.20. The standard InChI is InChI=1S/C36H31N5O3S/c1-24-14-16-25(17-15-24)23-40(2)36(44)32(26-10-4-3-5-11-26)39-34(43)35-38-29-19-18-27(22-31(29)45-35)37-33(42)28-12-6-7-13-30(28)41-20-8-9-21-41/h3-22,32H,23H2,1-2H3,(H,37,42)(H,39,43)/t32-/m0/s1. The number of carbonyl (C=O) groups is 3. The molecule has 0 fully saturated rings. The van der Waals surface area contributed by atoms with Gasteiger partial charge in [0.1, 0.15) is 6.04 Å². The van der Waals surface area contributed by atoms with Crippen LogP contribution in [0.15, 0.2) is 122 Å². The molecule has 0 spiro atoms. The van der Waals surface area contributed by atoms with Gasteiger partial charge in [0.05, 0.1) is 21.5 Å². The molecule has 0 saturated carbocycles. The highest BCUT2D eigenvalue weighted by atomic mass is 32.1. The summed E-state index contributed by atoms with van der Waals surface area (Å²) in [5.74, 6) is -0.935. The number of anilines is 1. The summed E-state index contributed by atoms with van der Waals surface area (Å²) in [6.07, 6.45) is 3.78. The zero-order valence-corrected chi connectivity index (χ0v) is 25.6. The smallest absolute Gasteiger partial charge is 0.281 e. The third-order valence-corrected chi connectivity index (χ3v) is 8.46. The first kappa shape index (κ1) is 29.5. The summed E-state index contributed by atoms with van der Waals surface area (Å²) in [5, 5.41) is 6.11. The van der Waals surface area contributed by atoms with E-state index < -0.39 is 11.9 Å². The van der Waals surface area contributed by atoms with Gasteiger partial charge < -0.3 is 20.1 Å². The number of hydrogen-bond donors (Lipinski definition) is 2. The molecular weight excluding hydrogens is 582 g/mol. The molecule has 2 aromatic heterocycles. The van der Waals surface area contributed by atoms with Gasteiger partial charge in [0.25, 0.3) is 11.8 Å². The average molecular weight is 614 g/mol. The van der Waals surface area contributed by atoms with Crippen molar-refractivity contribution >= 4 is 45.0 Å². The lowest BCUT2D eigenvalue weighted by Gasteiger charge is -2.25. The first-order valence-electron chi connectivity index (χ1n) is 14.5. The minimum absolute atomic E-state index is 0.223. The molecule has 3 amide bonds. The molecule has 0 bridgehead atoms. The second kappa shape index (κ2) is 13.0. The number of nitrogens with one attached hydrogen (secondary N) is 2. The molecule has 2 N–H and O–H groups in total. The van der Waals surface area contributed by atoms with E-state index in [4.69, 9.17) is 0 Å². The summed E-state index contributed by atoms with van der Waals surface area (Å²) in [6.45, 7) is 2.42. The molecule has 1 atom stereocenters. The van der Waals surface area contributed by atoms with Gasteiger partial charge in [0.15, 0.2) is 5.01 Å². The molecule has 0 radical (unpaired) electrons. The Balaban J connectivity index is 1.20. The Bertz CT molecular complexity index is 1970. The fourth-order valence-corrected chi connectivity index (χ4v) is 5.98. The lowest BCUT2D eigenvalue weighted by atomic mass is 10.0. The predicted octanol–water partition coefficient (Wildman–Crippen LogP) is 6.78. The van der Waals surface area contributed by atoms with Crippen molar-refractivity contribution in [2.24, 2.45) is 0 Å². The Morgan fingerprint density at radius 3 is 2.31 bits per heavy atom. The number of rotatable bonds is 9. The highest BCUT2D eigenvalue weighted by Gasteiger charge is 2.27. The summed E-state index contributed by atoms with van der Waals surface area (Å²) in [5.41, 5.74) is 5.32. The van der Waals surface area contributed by atoms with Gasteiger partial charge in [-0.1, -0.05) is 72.3 Å². The average Bonchev–Trinajstić information content (AvgIpc) is 3.75. The van der Waals surface area contributed by atoms with Gasteiger partial charge in [-0.2, -0.15) is 0 Å². The Labute approximate surface area is 265 Å². The Hall–Kier alpha value is -5.54. The van der Waals surface area contributed by atoms with E-state index in [1.165, 1.54) is 11.3 Å². The van der Waals surface area contributed by atoms with Crippen molar-refractivity contribution in [2.45, 2.75) is 19.5 Å². The van der Waals surface area contributed by atoms with Crippen molar-refractivity contribution in [3.63, 3.8) is 0 Å². The zero-order chi connectivity index (χ0) is 31.3. The molecule has 0 aliphatic heterocycles. The van der Waals surface area contributed by atoms with Gasteiger partial charge in [0.2, 0.25) is 5.91 Å². The van der Waals surface area contributed by atoms with E-state index in [2.05, 4.69) is 15.6 Å². The maximum absolute atomic E-state index is 13.7. The number of aromatic nitrogens is 2. The Kier molecular flexibility index (Phi) is 8.52. The first-order chi connectivity index (χ1) is 21.9. The Morgan fingerprint density at radius 2 is 1.56 bits per heavy atom. The van der Waals surface area contributed by atoms with E-state index in [9.17, 15) is 14.4 Å². The van der Waals surface area contributed by atoms with E-state index in [1.807, 2.05) is 109 Å². The molecule has 2 heterocycles. The molecule has 224 valence electrons. The summed E-state index contributed by atoms with van der Waals surface area (Å²) < 4.78 is 2.62. The monoisotopic (exact) mass is 613 g/mol. The Morgan fingerprint density at radius 1 is 0.844 bits per heavy atom. The largest absolute Gasteiger partial charge is 0.339 e. The molecule has 6 rings (SSSR count). The quantitative estimate of drug-likeness (QED) is 0.188. The number of para-hydroxylation sites is 1. The van der Waals surface area contributed by atoms with Gasteiger partial charge in [0, 0.05) is 31.7 Å². The molecule has 0 aliphatic rings. The van der Waals surface area contributed by atoms with Crippen molar-refractivity contribution in [2.75, 3.05) is 12.4 Å². The van der Waals surface area contributed by atoms with Crippen LogP contribution in [0, 0.1) is 6.92 Å².